The lowest BCUT2D eigenvalue weighted by Gasteiger charge is -2.16. The van der Waals surface area contributed by atoms with Crippen LogP contribution in [0.15, 0.2) is 30.3 Å². The number of nitrogens with one attached hydrogen (secondary N) is 2. The zero-order valence-electron chi connectivity index (χ0n) is 12.3. The number of thiophene rings is 1. The van der Waals surface area contributed by atoms with Crippen LogP contribution >= 0.6 is 11.3 Å². The van der Waals surface area contributed by atoms with Crippen molar-refractivity contribution in [3.8, 4) is 0 Å². The largest absolute Gasteiger partial charge is 0.378 e. The Balaban J connectivity index is 2.13. The summed E-state index contributed by atoms with van der Waals surface area (Å²) in [4.78, 5) is 13.8. The Hall–Kier alpha value is -1.81. The Kier molecular flexibility index (Phi) is 4.45. The molecule has 1 unspecified atom stereocenters. The Labute approximate surface area is 124 Å². The molecule has 0 radical (unpaired) electrons. The highest BCUT2D eigenvalue weighted by Crippen LogP contribution is 2.29. The molecule has 1 aromatic heterocycles. The Morgan fingerprint density at radius 2 is 1.90 bits per heavy atom. The topological polar surface area (TPSA) is 41.1 Å². The van der Waals surface area contributed by atoms with Gasteiger partial charge in [-0.1, -0.05) is 6.07 Å². The number of benzene rings is 1. The molecule has 3 nitrogen and oxygen atoms in total. The van der Waals surface area contributed by atoms with Gasteiger partial charge in [-0.15, -0.1) is 11.3 Å². The normalized spacial score (nSPS) is 12.0. The molecule has 0 spiro atoms. The van der Waals surface area contributed by atoms with E-state index < -0.39 is 0 Å². The van der Waals surface area contributed by atoms with Crippen molar-refractivity contribution in [2.24, 2.45) is 0 Å². The van der Waals surface area contributed by atoms with Crippen molar-refractivity contribution in [2.75, 3.05) is 10.6 Å². The van der Waals surface area contributed by atoms with E-state index in [1.165, 1.54) is 22.2 Å². The van der Waals surface area contributed by atoms with E-state index >= 15 is 0 Å². The lowest BCUT2D eigenvalue weighted by Crippen LogP contribution is -2.08. The third kappa shape index (κ3) is 3.61. The highest BCUT2D eigenvalue weighted by atomic mass is 32.1. The van der Waals surface area contributed by atoms with E-state index in [0.717, 1.165) is 11.4 Å². The lowest BCUT2D eigenvalue weighted by atomic mass is 10.1. The summed E-state index contributed by atoms with van der Waals surface area (Å²) in [5.74, 6) is -0.0560. The summed E-state index contributed by atoms with van der Waals surface area (Å²) in [7, 11) is 0. The number of rotatable bonds is 4. The second-order valence-electron chi connectivity index (χ2n) is 5.00. The lowest BCUT2D eigenvalue weighted by molar-refractivity contribution is -0.114. The van der Waals surface area contributed by atoms with Crippen LogP contribution in [0.5, 0.6) is 0 Å². The second-order valence-corrected chi connectivity index (χ2v) is 6.46. The van der Waals surface area contributed by atoms with E-state index in [2.05, 4.69) is 37.5 Å². The van der Waals surface area contributed by atoms with Crippen LogP contribution in [0.4, 0.5) is 11.4 Å². The minimum absolute atomic E-state index is 0.0560. The van der Waals surface area contributed by atoms with Gasteiger partial charge < -0.3 is 10.6 Å². The number of hydrogen-bond acceptors (Lipinski definition) is 3. The molecule has 1 atom stereocenters. The Morgan fingerprint density at radius 3 is 2.50 bits per heavy atom. The summed E-state index contributed by atoms with van der Waals surface area (Å²) in [6, 6.07) is 10.3. The average Bonchev–Trinajstić information content (AvgIpc) is 2.68. The van der Waals surface area contributed by atoms with E-state index in [1.54, 1.807) is 0 Å². The fourth-order valence-corrected chi connectivity index (χ4v) is 3.32. The summed E-state index contributed by atoms with van der Waals surface area (Å²) >= 11 is 1.82. The smallest absolute Gasteiger partial charge is 0.221 e. The SMILES string of the molecule is CC(=O)Nc1cccc(NC(C)c2cc(C)sc2C)c1. The van der Waals surface area contributed by atoms with E-state index in [9.17, 15) is 4.79 Å². The fourth-order valence-electron chi connectivity index (χ4n) is 2.30. The Morgan fingerprint density at radius 1 is 1.20 bits per heavy atom. The molecular formula is C16H20N2OS. The number of aryl methyl sites for hydroxylation is 2. The van der Waals surface area contributed by atoms with E-state index in [1.807, 2.05) is 35.6 Å². The minimum Gasteiger partial charge on any atom is -0.378 e. The molecule has 106 valence electrons. The van der Waals surface area contributed by atoms with Crippen LogP contribution in [0.25, 0.3) is 0 Å². The summed E-state index contributed by atoms with van der Waals surface area (Å²) < 4.78 is 0. The maximum Gasteiger partial charge on any atom is 0.221 e. The fraction of sp³-hybridized carbons (Fsp3) is 0.312. The molecule has 0 aliphatic rings. The van der Waals surface area contributed by atoms with Crippen LogP contribution in [0.2, 0.25) is 0 Å². The molecule has 2 aromatic rings. The van der Waals surface area contributed by atoms with Crippen molar-refractivity contribution in [1.82, 2.24) is 0 Å². The summed E-state index contributed by atoms with van der Waals surface area (Å²) in [6.45, 7) is 7.95. The first-order valence-corrected chi connectivity index (χ1v) is 7.48. The first kappa shape index (κ1) is 14.6. The first-order valence-electron chi connectivity index (χ1n) is 6.67. The van der Waals surface area contributed by atoms with Gasteiger partial charge in [-0.2, -0.15) is 0 Å². The molecular weight excluding hydrogens is 268 g/mol. The number of amides is 1. The van der Waals surface area contributed by atoms with Crippen LogP contribution < -0.4 is 10.6 Å². The standard InChI is InChI=1S/C16H20N2OS/c1-10-8-16(12(3)20-10)11(2)17-14-6-5-7-15(9-14)18-13(4)19/h5-9,11,17H,1-4H3,(H,18,19). The van der Waals surface area contributed by atoms with Gasteiger partial charge in [0, 0.05) is 34.1 Å². The van der Waals surface area contributed by atoms with Gasteiger partial charge in [0.15, 0.2) is 0 Å². The molecule has 1 amide bonds. The highest BCUT2D eigenvalue weighted by molar-refractivity contribution is 7.12. The predicted molar refractivity (Wildman–Crippen MR) is 86.6 cm³/mol. The Bertz CT molecular complexity index is 619. The second kappa shape index (κ2) is 6.09. The molecule has 0 fully saturated rings. The molecule has 1 heterocycles. The number of anilines is 2. The molecule has 0 aliphatic heterocycles. The van der Waals surface area contributed by atoms with Crippen LogP contribution in [-0.4, -0.2) is 5.91 Å². The number of carbonyl (C=O) groups excluding carboxylic acids is 1. The molecule has 20 heavy (non-hydrogen) atoms. The zero-order chi connectivity index (χ0) is 14.7. The summed E-state index contributed by atoms with van der Waals surface area (Å²) in [5.41, 5.74) is 3.15. The van der Waals surface area contributed by atoms with Crippen molar-refractivity contribution in [3.63, 3.8) is 0 Å². The molecule has 0 saturated carbocycles. The maximum atomic E-state index is 11.1. The molecule has 1 aromatic carbocycles. The van der Waals surface area contributed by atoms with Gasteiger partial charge >= 0.3 is 0 Å². The molecule has 4 heteroatoms. The molecule has 2 N–H and O–H groups in total. The monoisotopic (exact) mass is 288 g/mol. The average molecular weight is 288 g/mol. The van der Waals surface area contributed by atoms with Crippen LogP contribution in [0, 0.1) is 13.8 Å². The van der Waals surface area contributed by atoms with Crippen LogP contribution in [-0.2, 0) is 4.79 Å². The van der Waals surface area contributed by atoms with Crippen molar-refractivity contribution in [1.29, 1.82) is 0 Å². The third-order valence-electron chi connectivity index (χ3n) is 3.11. The van der Waals surface area contributed by atoms with Crippen molar-refractivity contribution >= 4 is 28.6 Å². The van der Waals surface area contributed by atoms with Gasteiger partial charge in [0.2, 0.25) is 5.91 Å². The molecule has 2 rings (SSSR count). The van der Waals surface area contributed by atoms with E-state index in [-0.39, 0.29) is 11.9 Å². The van der Waals surface area contributed by atoms with Gasteiger partial charge in [0.05, 0.1) is 0 Å². The van der Waals surface area contributed by atoms with Gasteiger partial charge in [0.25, 0.3) is 0 Å². The van der Waals surface area contributed by atoms with Crippen LogP contribution in [0.1, 0.15) is 35.2 Å². The van der Waals surface area contributed by atoms with Gasteiger partial charge in [-0.3, -0.25) is 4.79 Å². The maximum absolute atomic E-state index is 11.1. The van der Waals surface area contributed by atoms with Crippen molar-refractivity contribution in [2.45, 2.75) is 33.7 Å². The molecule has 0 aliphatic carbocycles. The summed E-state index contributed by atoms with van der Waals surface area (Å²) in [5, 5.41) is 6.28. The van der Waals surface area contributed by atoms with Crippen LogP contribution in [0.3, 0.4) is 0 Å². The van der Waals surface area contributed by atoms with Crippen molar-refractivity contribution in [3.05, 3.63) is 45.6 Å². The quantitative estimate of drug-likeness (QED) is 0.870. The van der Waals surface area contributed by atoms with Gasteiger partial charge in [0.1, 0.15) is 0 Å². The minimum atomic E-state index is -0.0560. The molecule has 0 saturated heterocycles. The summed E-state index contributed by atoms with van der Waals surface area (Å²) in [6.07, 6.45) is 0. The van der Waals surface area contributed by atoms with Crippen molar-refractivity contribution < 1.29 is 4.79 Å². The molecule has 0 bridgehead atoms. The van der Waals surface area contributed by atoms with E-state index in [4.69, 9.17) is 0 Å². The third-order valence-corrected chi connectivity index (χ3v) is 4.09. The predicted octanol–water partition coefficient (Wildman–Crippen LogP) is 4.50. The van der Waals surface area contributed by atoms with Gasteiger partial charge in [-0.05, 0) is 50.6 Å². The highest BCUT2D eigenvalue weighted by Gasteiger charge is 2.11. The number of carbonyl (C=O) groups is 1. The first-order chi connectivity index (χ1) is 9.45. The van der Waals surface area contributed by atoms with Gasteiger partial charge in [-0.25, -0.2) is 0 Å². The zero-order valence-corrected chi connectivity index (χ0v) is 13.1. The van der Waals surface area contributed by atoms with E-state index in [0.29, 0.717) is 0 Å². The number of hydrogen-bond donors (Lipinski definition) is 2.